The Kier molecular flexibility index (Phi) is 5.69. The molecule has 1 heterocycles. The van der Waals surface area contributed by atoms with Gasteiger partial charge < -0.3 is 5.32 Å². The van der Waals surface area contributed by atoms with E-state index in [2.05, 4.69) is 78.1 Å². The van der Waals surface area contributed by atoms with Gasteiger partial charge in [-0.1, -0.05) is 90.5 Å². The molecule has 1 aliphatic heterocycles. The highest BCUT2D eigenvalue weighted by molar-refractivity contribution is 5.84. The van der Waals surface area contributed by atoms with Crippen LogP contribution in [0.2, 0.25) is 0 Å². The molecule has 1 aliphatic carbocycles. The molecule has 2 aliphatic rings. The molecule has 2 atom stereocenters. The van der Waals surface area contributed by atoms with Gasteiger partial charge >= 0.3 is 0 Å². The summed E-state index contributed by atoms with van der Waals surface area (Å²) in [6.45, 7) is 2.16. The van der Waals surface area contributed by atoms with Crippen molar-refractivity contribution >= 4 is 5.57 Å². The first-order valence-electron chi connectivity index (χ1n) is 11.4. The van der Waals surface area contributed by atoms with Gasteiger partial charge in [-0.3, -0.25) is 0 Å². The molecule has 0 saturated carbocycles. The van der Waals surface area contributed by atoms with Crippen molar-refractivity contribution in [1.29, 1.82) is 5.26 Å². The molecule has 0 aromatic heterocycles. The van der Waals surface area contributed by atoms with Crippen LogP contribution < -0.4 is 5.32 Å². The first kappa shape index (κ1) is 19.8. The van der Waals surface area contributed by atoms with Crippen molar-refractivity contribution < 1.29 is 0 Å². The zero-order valence-corrected chi connectivity index (χ0v) is 17.8. The molecular weight excluding hydrogens is 376 g/mol. The van der Waals surface area contributed by atoms with Gasteiger partial charge in [0, 0.05) is 5.92 Å². The SMILES string of the molecule is N#CC(C1=C(Cc2ccccc2)C(C2CCNCC2)c2ccccc21)c1ccccc1. The van der Waals surface area contributed by atoms with Gasteiger partial charge in [0.05, 0.1) is 12.0 Å². The highest BCUT2D eigenvalue weighted by Crippen LogP contribution is 2.53. The van der Waals surface area contributed by atoms with Crippen molar-refractivity contribution in [2.75, 3.05) is 13.1 Å². The maximum atomic E-state index is 10.4. The predicted molar refractivity (Wildman–Crippen MR) is 127 cm³/mol. The number of fused-ring (bicyclic) bond motifs is 1. The van der Waals surface area contributed by atoms with Crippen LogP contribution in [0.3, 0.4) is 0 Å². The van der Waals surface area contributed by atoms with E-state index in [1.165, 1.54) is 40.7 Å². The number of allylic oxidation sites excluding steroid dienone is 2. The Morgan fingerprint density at radius 2 is 1.48 bits per heavy atom. The fourth-order valence-electron chi connectivity index (χ4n) is 5.57. The number of rotatable bonds is 5. The largest absolute Gasteiger partial charge is 0.317 e. The van der Waals surface area contributed by atoms with Crippen molar-refractivity contribution in [2.45, 2.75) is 31.1 Å². The van der Waals surface area contributed by atoms with Gasteiger partial charge in [0.15, 0.2) is 0 Å². The lowest BCUT2D eigenvalue weighted by Gasteiger charge is -2.31. The van der Waals surface area contributed by atoms with Crippen molar-refractivity contribution in [3.8, 4) is 6.07 Å². The van der Waals surface area contributed by atoms with Crippen LogP contribution in [0.5, 0.6) is 0 Å². The van der Waals surface area contributed by atoms with Gasteiger partial charge in [0.2, 0.25) is 0 Å². The van der Waals surface area contributed by atoms with E-state index in [1.54, 1.807) is 0 Å². The van der Waals surface area contributed by atoms with Gasteiger partial charge in [-0.05, 0) is 66.1 Å². The predicted octanol–water partition coefficient (Wildman–Crippen LogP) is 6.09. The summed E-state index contributed by atoms with van der Waals surface area (Å²) in [5, 5.41) is 13.9. The molecule has 0 spiro atoms. The molecule has 2 unspecified atom stereocenters. The van der Waals surface area contributed by atoms with Crippen LogP contribution in [-0.4, -0.2) is 13.1 Å². The summed E-state index contributed by atoms with van der Waals surface area (Å²) in [5.41, 5.74) is 7.82. The standard InChI is InChI=1S/C29H28N2/c30-20-27(22-11-5-2-6-12-22)29-25-14-8-7-13-24(25)28(23-15-17-31-18-16-23)26(29)19-21-9-3-1-4-10-21/h1-14,23,27-28,31H,15-19H2. The van der Waals surface area contributed by atoms with E-state index in [0.717, 1.165) is 25.1 Å². The first-order chi connectivity index (χ1) is 15.4. The van der Waals surface area contributed by atoms with Crippen LogP contribution in [0, 0.1) is 17.2 Å². The molecule has 0 bridgehead atoms. The van der Waals surface area contributed by atoms with E-state index in [9.17, 15) is 5.26 Å². The van der Waals surface area contributed by atoms with E-state index in [4.69, 9.17) is 0 Å². The lowest BCUT2D eigenvalue weighted by atomic mass is 9.76. The highest BCUT2D eigenvalue weighted by Gasteiger charge is 2.39. The fraction of sp³-hybridized carbons (Fsp3) is 0.276. The molecular formula is C29H28N2. The molecule has 2 nitrogen and oxygen atoms in total. The van der Waals surface area contributed by atoms with E-state index in [1.807, 2.05) is 18.2 Å². The smallest absolute Gasteiger partial charge is 0.0968 e. The maximum absolute atomic E-state index is 10.4. The van der Waals surface area contributed by atoms with Crippen molar-refractivity contribution in [3.63, 3.8) is 0 Å². The minimum absolute atomic E-state index is 0.243. The summed E-state index contributed by atoms with van der Waals surface area (Å²) in [6, 6.07) is 32.6. The third kappa shape index (κ3) is 3.82. The Morgan fingerprint density at radius 1 is 0.839 bits per heavy atom. The zero-order chi connectivity index (χ0) is 21.0. The van der Waals surface area contributed by atoms with Gasteiger partial charge in [0.1, 0.15) is 0 Å². The summed E-state index contributed by atoms with van der Waals surface area (Å²) in [5.74, 6) is 0.773. The van der Waals surface area contributed by atoms with Crippen molar-refractivity contribution in [2.24, 2.45) is 5.92 Å². The van der Waals surface area contributed by atoms with Crippen LogP contribution in [0.4, 0.5) is 0 Å². The Bertz CT molecular complexity index is 1100. The first-order valence-corrected chi connectivity index (χ1v) is 11.4. The van der Waals surface area contributed by atoms with Crippen LogP contribution in [-0.2, 0) is 6.42 Å². The minimum atomic E-state index is -0.243. The second kappa shape index (κ2) is 8.92. The lowest BCUT2D eigenvalue weighted by Crippen LogP contribution is -2.31. The van der Waals surface area contributed by atoms with E-state index < -0.39 is 0 Å². The molecule has 3 aromatic rings. The van der Waals surface area contributed by atoms with Crippen molar-refractivity contribution in [1.82, 2.24) is 5.32 Å². The van der Waals surface area contributed by atoms with E-state index >= 15 is 0 Å². The lowest BCUT2D eigenvalue weighted by molar-refractivity contribution is 0.340. The zero-order valence-electron chi connectivity index (χ0n) is 17.8. The fourth-order valence-corrected chi connectivity index (χ4v) is 5.57. The molecule has 5 rings (SSSR count). The summed E-state index contributed by atoms with van der Waals surface area (Å²) >= 11 is 0. The third-order valence-electron chi connectivity index (χ3n) is 6.95. The normalized spacial score (nSPS) is 19.6. The average Bonchev–Trinajstić information content (AvgIpc) is 3.15. The molecule has 0 amide bonds. The van der Waals surface area contributed by atoms with E-state index in [0.29, 0.717) is 11.8 Å². The molecule has 1 N–H and O–H groups in total. The van der Waals surface area contributed by atoms with Gasteiger partial charge in [-0.25, -0.2) is 0 Å². The molecule has 31 heavy (non-hydrogen) atoms. The Balaban J connectivity index is 1.69. The maximum Gasteiger partial charge on any atom is 0.0968 e. The van der Waals surface area contributed by atoms with Gasteiger partial charge in [-0.15, -0.1) is 0 Å². The number of nitrogens with zero attached hydrogens (tertiary/aromatic N) is 1. The van der Waals surface area contributed by atoms with Crippen molar-refractivity contribution in [3.05, 3.63) is 113 Å². The number of nitrogens with one attached hydrogen (secondary N) is 1. The number of hydrogen-bond acceptors (Lipinski definition) is 2. The van der Waals surface area contributed by atoms with E-state index in [-0.39, 0.29) is 5.92 Å². The van der Waals surface area contributed by atoms with Gasteiger partial charge in [0.25, 0.3) is 0 Å². The molecule has 1 saturated heterocycles. The Labute approximate surface area is 185 Å². The average molecular weight is 405 g/mol. The highest BCUT2D eigenvalue weighted by atomic mass is 14.9. The van der Waals surface area contributed by atoms with Gasteiger partial charge in [-0.2, -0.15) is 5.26 Å². The monoisotopic (exact) mass is 404 g/mol. The molecule has 3 aromatic carbocycles. The molecule has 1 fully saturated rings. The van der Waals surface area contributed by atoms with Crippen LogP contribution in [0.15, 0.2) is 90.5 Å². The number of piperidine rings is 1. The quantitative estimate of drug-likeness (QED) is 0.559. The summed E-state index contributed by atoms with van der Waals surface area (Å²) in [4.78, 5) is 0. The van der Waals surface area contributed by atoms with Crippen LogP contribution in [0.1, 0.15) is 46.9 Å². The molecule has 154 valence electrons. The summed E-state index contributed by atoms with van der Waals surface area (Å²) in [7, 11) is 0. The number of nitriles is 1. The minimum Gasteiger partial charge on any atom is -0.317 e. The Hall–Kier alpha value is -3.15. The molecule has 0 radical (unpaired) electrons. The third-order valence-corrected chi connectivity index (χ3v) is 6.95. The van der Waals surface area contributed by atoms with Crippen LogP contribution in [0.25, 0.3) is 5.57 Å². The summed E-state index contributed by atoms with van der Waals surface area (Å²) < 4.78 is 0. The number of hydrogen-bond donors (Lipinski definition) is 1. The number of benzene rings is 3. The molecule has 2 heteroatoms. The summed E-state index contributed by atoms with van der Waals surface area (Å²) in [6.07, 6.45) is 3.28. The Morgan fingerprint density at radius 3 is 2.19 bits per heavy atom. The topological polar surface area (TPSA) is 35.8 Å². The second-order valence-corrected chi connectivity index (χ2v) is 8.73. The van der Waals surface area contributed by atoms with Crippen LogP contribution >= 0.6 is 0 Å². The second-order valence-electron chi connectivity index (χ2n) is 8.73.